The molecule has 0 bridgehead atoms. The van der Waals surface area contributed by atoms with Crippen LogP contribution in [0, 0.1) is 6.92 Å². The van der Waals surface area contributed by atoms with Crippen LogP contribution in [0.5, 0.6) is 0 Å². The van der Waals surface area contributed by atoms with Crippen LogP contribution in [0.3, 0.4) is 0 Å². The molecule has 6 heteroatoms. The number of benzene rings is 1. The van der Waals surface area contributed by atoms with E-state index >= 15 is 0 Å². The molecular weight excluding hydrogens is 362 g/mol. The predicted molar refractivity (Wildman–Crippen MR) is 116 cm³/mol. The summed E-state index contributed by atoms with van der Waals surface area (Å²) in [7, 11) is 0. The zero-order chi connectivity index (χ0) is 19.6. The van der Waals surface area contributed by atoms with Gasteiger partial charge in [-0.3, -0.25) is 4.90 Å². The van der Waals surface area contributed by atoms with E-state index in [0.29, 0.717) is 12.0 Å². The number of morpholine rings is 1. The first kappa shape index (κ1) is 18.6. The Balaban J connectivity index is 1.32. The van der Waals surface area contributed by atoms with Crippen LogP contribution in [0.25, 0.3) is 11.0 Å². The summed E-state index contributed by atoms with van der Waals surface area (Å²) in [5, 5.41) is 4.54. The second-order valence-electron chi connectivity index (χ2n) is 8.30. The minimum Gasteiger partial charge on any atom is -0.379 e. The molecule has 0 atom stereocenters. The molecule has 1 aromatic carbocycles. The van der Waals surface area contributed by atoms with Gasteiger partial charge in [-0.05, 0) is 43.0 Å². The van der Waals surface area contributed by atoms with Gasteiger partial charge in [0, 0.05) is 49.1 Å². The summed E-state index contributed by atoms with van der Waals surface area (Å²) in [5.41, 5.74) is 4.65. The molecule has 1 saturated carbocycles. The van der Waals surface area contributed by atoms with Gasteiger partial charge in [0.25, 0.3) is 0 Å². The lowest BCUT2D eigenvalue weighted by Gasteiger charge is -2.26. The minimum absolute atomic E-state index is 0.577. The van der Waals surface area contributed by atoms with Gasteiger partial charge in [-0.25, -0.2) is 4.98 Å². The van der Waals surface area contributed by atoms with Crippen LogP contribution in [0.1, 0.15) is 42.9 Å². The fourth-order valence-electron chi connectivity index (χ4n) is 4.55. The Morgan fingerprint density at radius 3 is 2.62 bits per heavy atom. The molecule has 6 nitrogen and oxygen atoms in total. The Morgan fingerprint density at radius 2 is 1.86 bits per heavy atom. The third-order valence-electron chi connectivity index (χ3n) is 6.21. The van der Waals surface area contributed by atoms with Crippen LogP contribution >= 0.6 is 0 Å². The smallest absolute Gasteiger partial charge is 0.229 e. The standard InChI is InChI=1S/C23H29N5O/c1-17-15-28(20-4-2-3-5-20)22-21(17)14-24-23(26-22)25-19-8-6-18(7-9-19)16-27-10-12-29-13-11-27/h6-9,14-15,20H,2-5,10-13,16H2,1H3,(H,24,25,26). The van der Waals surface area contributed by atoms with Gasteiger partial charge in [0.2, 0.25) is 5.95 Å². The van der Waals surface area contributed by atoms with Crippen molar-refractivity contribution in [3.63, 3.8) is 0 Å². The molecule has 1 aliphatic carbocycles. The van der Waals surface area contributed by atoms with E-state index in [1.54, 1.807) is 0 Å². The predicted octanol–water partition coefficient (Wildman–Crippen LogP) is 4.43. The number of fused-ring (bicyclic) bond motifs is 1. The van der Waals surface area contributed by atoms with Crippen molar-refractivity contribution in [3.05, 3.63) is 47.8 Å². The van der Waals surface area contributed by atoms with E-state index in [2.05, 4.69) is 57.2 Å². The summed E-state index contributed by atoms with van der Waals surface area (Å²) in [4.78, 5) is 11.9. The van der Waals surface area contributed by atoms with Crippen LogP contribution < -0.4 is 5.32 Å². The molecule has 2 fully saturated rings. The van der Waals surface area contributed by atoms with Gasteiger partial charge in [0.15, 0.2) is 0 Å². The van der Waals surface area contributed by atoms with Crippen LogP contribution in [-0.2, 0) is 11.3 Å². The van der Waals surface area contributed by atoms with Crippen molar-refractivity contribution in [2.45, 2.75) is 45.2 Å². The zero-order valence-corrected chi connectivity index (χ0v) is 17.1. The molecule has 1 aliphatic heterocycles. The third-order valence-corrected chi connectivity index (χ3v) is 6.21. The Bertz CT molecular complexity index is 969. The monoisotopic (exact) mass is 391 g/mol. The van der Waals surface area contributed by atoms with Crippen molar-refractivity contribution < 1.29 is 4.74 Å². The molecule has 1 saturated heterocycles. The number of ether oxygens (including phenoxy) is 1. The lowest BCUT2D eigenvalue weighted by molar-refractivity contribution is 0.0342. The maximum atomic E-state index is 5.43. The van der Waals surface area contributed by atoms with Gasteiger partial charge < -0.3 is 14.6 Å². The van der Waals surface area contributed by atoms with Crippen LogP contribution in [0.2, 0.25) is 0 Å². The first-order valence-corrected chi connectivity index (χ1v) is 10.8. The van der Waals surface area contributed by atoms with Crippen molar-refractivity contribution in [2.24, 2.45) is 0 Å². The fraction of sp³-hybridized carbons (Fsp3) is 0.478. The summed E-state index contributed by atoms with van der Waals surface area (Å²) in [6.07, 6.45) is 9.34. The van der Waals surface area contributed by atoms with Gasteiger partial charge in [0.1, 0.15) is 5.65 Å². The van der Waals surface area contributed by atoms with Gasteiger partial charge in [-0.1, -0.05) is 25.0 Å². The topological polar surface area (TPSA) is 55.2 Å². The highest BCUT2D eigenvalue weighted by Gasteiger charge is 2.20. The number of aromatic nitrogens is 3. The molecule has 0 radical (unpaired) electrons. The molecule has 3 heterocycles. The number of hydrogen-bond donors (Lipinski definition) is 1. The molecule has 2 aliphatic rings. The van der Waals surface area contributed by atoms with Crippen molar-refractivity contribution >= 4 is 22.7 Å². The van der Waals surface area contributed by atoms with Gasteiger partial charge in [-0.15, -0.1) is 0 Å². The average Bonchev–Trinajstić information content (AvgIpc) is 3.38. The zero-order valence-electron chi connectivity index (χ0n) is 17.1. The number of rotatable bonds is 5. The van der Waals surface area contributed by atoms with Crippen molar-refractivity contribution in [1.29, 1.82) is 0 Å². The second-order valence-corrected chi connectivity index (χ2v) is 8.30. The van der Waals surface area contributed by atoms with E-state index < -0.39 is 0 Å². The largest absolute Gasteiger partial charge is 0.379 e. The lowest BCUT2D eigenvalue weighted by atomic mass is 10.2. The molecule has 0 spiro atoms. The number of nitrogens with zero attached hydrogens (tertiary/aromatic N) is 4. The van der Waals surface area contributed by atoms with Crippen molar-refractivity contribution in [3.8, 4) is 0 Å². The van der Waals surface area contributed by atoms with Crippen molar-refractivity contribution in [1.82, 2.24) is 19.4 Å². The normalized spacial score (nSPS) is 18.5. The lowest BCUT2D eigenvalue weighted by Crippen LogP contribution is -2.35. The maximum Gasteiger partial charge on any atom is 0.229 e. The first-order valence-electron chi connectivity index (χ1n) is 10.8. The minimum atomic E-state index is 0.577. The average molecular weight is 392 g/mol. The van der Waals surface area contributed by atoms with Crippen LogP contribution in [0.4, 0.5) is 11.6 Å². The van der Waals surface area contributed by atoms with Gasteiger partial charge in [-0.2, -0.15) is 4.98 Å². The summed E-state index contributed by atoms with van der Waals surface area (Å²) in [6.45, 7) is 6.81. The number of aryl methyl sites for hydroxylation is 1. The van der Waals surface area contributed by atoms with Gasteiger partial charge in [0.05, 0.1) is 13.2 Å². The molecule has 1 N–H and O–H groups in total. The highest BCUT2D eigenvalue weighted by molar-refractivity contribution is 5.80. The molecule has 0 unspecified atom stereocenters. The molecule has 5 rings (SSSR count). The molecule has 2 aromatic heterocycles. The maximum absolute atomic E-state index is 5.43. The molecule has 29 heavy (non-hydrogen) atoms. The van der Waals surface area contributed by atoms with Gasteiger partial charge >= 0.3 is 0 Å². The van der Waals surface area contributed by atoms with E-state index in [-0.39, 0.29) is 0 Å². The van der Waals surface area contributed by atoms with E-state index in [0.717, 1.165) is 49.6 Å². The molecular formula is C23H29N5O. The second kappa shape index (κ2) is 8.13. The Hall–Kier alpha value is -2.44. The summed E-state index contributed by atoms with van der Waals surface area (Å²) in [5.74, 6) is 0.663. The first-order chi connectivity index (χ1) is 14.3. The van der Waals surface area contributed by atoms with Crippen LogP contribution in [0.15, 0.2) is 36.7 Å². The summed E-state index contributed by atoms with van der Waals surface area (Å²) < 4.78 is 7.80. The Morgan fingerprint density at radius 1 is 1.10 bits per heavy atom. The van der Waals surface area contributed by atoms with Crippen molar-refractivity contribution in [2.75, 3.05) is 31.6 Å². The highest BCUT2D eigenvalue weighted by atomic mass is 16.5. The Labute approximate surface area is 171 Å². The molecule has 3 aromatic rings. The molecule has 0 amide bonds. The van der Waals surface area contributed by atoms with E-state index in [4.69, 9.17) is 9.72 Å². The van der Waals surface area contributed by atoms with E-state index in [1.165, 1.54) is 36.8 Å². The van der Waals surface area contributed by atoms with Crippen LogP contribution in [-0.4, -0.2) is 45.7 Å². The number of hydrogen-bond acceptors (Lipinski definition) is 5. The number of anilines is 2. The summed E-state index contributed by atoms with van der Waals surface area (Å²) >= 11 is 0. The third kappa shape index (κ3) is 4.00. The SMILES string of the molecule is Cc1cn(C2CCCC2)c2nc(Nc3ccc(CN4CCOCC4)cc3)ncc12. The highest BCUT2D eigenvalue weighted by Crippen LogP contribution is 2.33. The summed E-state index contributed by atoms with van der Waals surface area (Å²) in [6, 6.07) is 9.17. The van der Waals surface area contributed by atoms with E-state index in [9.17, 15) is 0 Å². The molecule has 152 valence electrons. The Kier molecular flexibility index (Phi) is 5.21. The van der Waals surface area contributed by atoms with E-state index in [1.807, 2.05) is 6.20 Å². The quantitative estimate of drug-likeness (QED) is 0.697. The number of nitrogens with one attached hydrogen (secondary N) is 1. The fourth-order valence-corrected chi connectivity index (χ4v) is 4.55.